The summed E-state index contributed by atoms with van der Waals surface area (Å²) in [7, 11) is 0. The summed E-state index contributed by atoms with van der Waals surface area (Å²) in [5.74, 6) is -3.92. The molecule has 0 aliphatic carbocycles. The lowest BCUT2D eigenvalue weighted by atomic mass is 10.1. The number of urea groups is 1. The van der Waals surface area contributed by atoms with Gasteiger partial charge in [0.05, 0.1) is 0 Å². The van der Waals surface area contributed by atoms with Crippen molar-refractivity contribution >= 4 is 29.6 Å². The first-order valence-electron chi connectivity index (χ1n) is 7.28. The zero-order valence-corrected chi connectivity index (χ0v) is 13.1. The minimum absolute atomic E-state index is 0. The summed E-state index contributed by atoms with van der Waals surface area (Å²) >= 11 is 0. The van der Waals surface area contributed by atoms with Crippen LogP contribution in [0.4, 0.5) is 10.5 Å². The van der Waals surface area contributed by atoms with Gasteiger partial charge in [-0.1, -0.05) is 19.6 Å². The molecule has 2 unspecified atom stereocenters. The number of hydrogen-bond acceptors (Lipinski definition) is 5. The molecule has 0 spiro atoms. The average Bonchev–Trinajstić information content (AvgIpc) is 2.52. The number of rotatable bonds is 9. The second-order valence-corrected chi connectivity index (χ2v) is 5.28. The van der Waals surface area contributed by atoms with Crippen molar-refractivity contribution in [2.45, 2.75) is 38.8 Å². The quantitative estimate of drug-likeness (QED) is 0.341. The lowest BCUT2D eigenvalue weighted by Crippen LogP contribution is -2.51. The molecule has 1 aromatic rings. The molecule has 2 atom stereocenters. The zero-order valence-electron chi connectivity index (χ0n) is 13.1. The summed E-state index contributed by atoms with van der Waals surface area (Å²) in [6.07, 6.45) is -0.811. The summed E-state index contributed by atoms with van der Waals surface area (Å²) < 4.78 is 0. The summed E-state index contributed by atoms with van der Waals surface area (Å²) in [6, 6.07) is 2.64. The molecule has 1 rings (SSSR count). The monoisotopic (exact) mass is 369 g/mol. The van der Waals surface area contributed by atoms with Crippen molar-refractivity contribution < 1.29 is 34.5 Å². The van der Waals surface area contributed by atoms with Crippen LogP contribution in [0.25, 0.3) is 0 Å². The first-order valence-corrected chi connectivity index (χ1v) is 7.28. The highest BCUT2D eigenvalue weighted by Gasteiger charge is 2.25. The molecular formula is C16H23N3O7. The van der Waals surface area contributed by atoms with Crippen molar-refractivity contribution in [3.05, 3.63) is 29.8 Å². The van der Waals surface area contributed by atoms with Gasteiger partial charge in [-0.15, -0.1) is 0 Å². The summed E-state index contributed by atoms with van der Waals surface area (Å²) in [5.41, 5.74) is 6.65. The number of carbonyl (C=O) groups excluding carboxylic acids is 1. The molecule has 1 aromatic carbocycles. The van der Waals surface area contributed by atoms with Crippen LogP contribution < -0.4 is 16.4 Å². The fraction of sp³-hybridized carbons (Fsp3) is 0.375. The molecule has 2 amide bonds. The van der Waals surface area contributed by atoms with E-state index in [0.29, 0.717) is 11.3 Å². The number of hydrogen-bond donors (Lipinski definition) is 6. The van der Waals surface area contributed by atoms with Gasteiger partial charge in [0.25, 0.3) is 0 Å². The highest BCUT2D eigenvalue weighted by Crippen LogP contribution is 2.08. The standard InChI is InChI=1S/C15H19N3O7.CH4/c16-9-3-1-8(2-4-9)7-11(14(23)24)18-15(25)17-10(13(21)22)5-6-12(19)20;/h1-4,10-11H,5-7,16H2,(H,19,20)(H,21,22)(H,23,24)(H2,17,18,25);1H4. The Morgan fingerprint density at radius 2 is 1.42 bits per heavy atom. The van der Waals surface area contributed by atoms with Gasteiger partial charge in [-0.2, -0.15) is 0 Å². The van der Waals surface area contributed by atoms with Crippen LogP contribution in [-0.2, 0) is 20.8 Å². The molecule has 0 saturated carbocycles. The van der Waals surface area contributed by atoms with E-state index in [-0.39, 0.29) is 20.3 Å². The zero-order chi connectivity index (χ0) is 19.0. The van der Waals surface area contributed by atoms with Crippen LogP contribution in [-0.4, -0.2) is 51.3 Å². The fourth-order valence-electron chi connectivity index (χ4n) is 1.97. The van der Waals surface area contributed by atoms with Gasteiger partial charge >= 0.3 is 23.9 Å². The predicted molar refractivity (Wildman–Crippen MR) is 92.7 cm³/mol. The molecule has 0 heterocycles. The summed E-state index contributed by atoms with van der Waals surface area (Å²) in [4.78, 5) is 44.7. The van der Waals surface area contributed by atoms with E-state index in [1.807, 2.05) is 0 Å². The van der Waals surface area contributed by atoms with Crippen molar-refractivity contribution in [1.29, 1.82) is 0 Å². The number of carbonyl (C=O) groups is 4. The lowest BCUT2D eigenvalue weighted by molar-refractivity contribution is -0.140. The number of carboxylic acid groups (broad SMARTS) is 3. The third-order valence-corrected chi connectivity index (χ3v) is 3.27. The Balaban J connectivity index is 0.00000625. The predicted octanol–water partition coefficient (Wildman–Crippen LogP) is 0.518. The Morgan fingerprint density at radius 1 is 0.923 bits per heavy atom. The van der Waals surface area contributed by atoms with Crippen molar-refractivity contribution in [2.75, 3.05) is 5.73 Å². The number of nitrogens with one attached hydrogen (secondary N) is 2. The Bertz CT molecular complexity index is 646. The molecule has 26 heavy (non-hydrogen) atoms. The lowest BCUT2D eigenvalue weighted by Gasteiger charge is -2.18. The maximum Gasteiger partial charge on any atom is 0.326 e. The van der Waals surface area contributed by atoms with Crippen molar-refractivity contribution in [3.63, 3.8) is 0 Å². The van der Waals surface area contributed by atoms with Gasteiger partial charge < -0.3 is 31.7 Å². The minimum Gasteiger partial charge on any atom is -0.481 e. The third kappa shape index (κ3) is 7.99. The van der Waals surface area contributed by atoms with E-state index in [4.69, 9.17) is 15.9 Å². The van der Waals surface area contributed by atoms with E-state index in [0.717, 1.165) is 0 Å². The van der Waals surface area contributed by atoms with Crippen molar-refractivity contribution in [2.24, 2.45) is 0 Å². The van der Waals surface area contributed by atoms with Gasteiger partial charge in [0, 0.05) is 18.5 Å². The van der Waals surface area contributed by atoms with Crippen molar-refractivity contribution in [1.82, 2.24) is 10.6 Å². The number of amides is 2. The van der Waals surface area contributed by atoms with E-state index in [1.165, 1.54) is 0 Å². The Labute approximate surface area is 150 Å². The van der Waals surface area contributed by atoms with E-state index in [1.54, 1.807) is 24.3 Å². The average molecular weight is 369 g/mol. The molecule has 10 heteroatoms. The number of benzene rings is 1. The number of anilines is 1. The topological polar surface area (TPSA) is 179 Å². The Kier molecular flexibility index (Phi) is 9.20. The van der Waals surface area contributed by atoms with Gasteiger partial charge in [-0.25, -0.2) is 14.4 Å². The molecule has 0 radical (unpaired) electrons. The molecule has 10 nitrogen and oxygen atoms in total. The van der Waals surface area contributed by atoms with Gasteiger partial charge in [0.15, 0.2) is 0 Å². The van der Waals surface area contributed by atoms with E-state index < -0.39 is 42.4 Å². The Morgan fingerprint density at radius 3 is 1.88 bits per heavy atom. The number of aliphatic carboxylic acids is 3. The molecule has 0 aromatic heterocycles. The SMILES string of the molecule is C.Nc1ccc(CC(NC(=O)NC(CCC(=O)O)C(=O)O)C(=O)O)cc1. The maximum atomic E-state index is 11.8. The second kappa shape index (κ2) is 10.5. The number of nitrogen functional groups attached to an aromatic ring is 1. The molecule has 0 aliphatic heterocycles. The van der Waals surface area contributed by atoms with Crippen LogP contribution in [0.15, 0.2) is 24.3 Å². The smallest absolute Gasteiger partial charge is 0.326 e. The molecule has 0 saturated heterocycles. The first-order chi connectivity index (χ1) is 11.7. The van der Waals surface area contributed by atoms with Gasteiger partial charge in [0.1, 0.15) is 12.1 Å². The largest absolute Gasteiger partial charge is 0.481 e. The highest BCUT2D eigenvalue weighted by atomic mass is 16.4. The van der Waals surface area contributed by atoms with Crippen LogP contribution in [0.2, 0.25) is 0 Å². The fourth-order valence-corrected chi connectivity index (χ4v) is 1.97. The van der Waals surface area contributed by atoms with Crippen LogP contribution >= 0.6 is 0 Å². The van der Waals surface area contributed by atoms with Gasteiger partial charge in [-0.3, -0.25) is 4.79 Å². The van der Waals surface area contributed by atoms with Crippen LogP contribution in [0.1, 0.15) is 25.8 Å². The maximum absolute atomic E-state index is 11.8. The molecule has 7 N–H and O–H groups in total. The van der Waals surface area contributed by atoms with Gasteiger partial charge in [0.2, 0.25) is 0 Å². The van der Waals surface area contributed by atoms with Crippen molar-refractivity contribution in [3.8, 4) is 0 Å². The van der Waals surface area contributed by atoms with Gasteiger partial charge in [-0.05, 0) is 24.1 Å². The third-order valence-electron chi connectivity index (χ3n) is 3.27. The summed E-state index contributed by atoms with van der Waals surface area (Å²) in [6.45, 7) is 0. The summed E-state index contributed by atoms with van der Waals surface area (Å²) in [5, 5.41) is 31.0. The molecule has 144 valence electrons. The Hall–Kier alpha value is -3.30. The van der Waals surface area contributed by atoms with E-state index in [9.17, 15) is 24.3 Å². The molecule has 0 aliphatic rings. The highest BCUT2D eigenvalue weighted by molar-refractivity contribution is 5.86. The number of carboxylic acids is 3. The molecular weight excluding hydrogens is 346 g/mol. The van der Waals surface area contributed by atoms with E-state index >= 15 is 0 Å². The second-order valence-electron chi connectivity index (χ2n) is 5.28. The van der Waals surface area contributed by atoms with E-state index in [2.05, 4.69) is 10.6 Å². The first kappa shape index (κ1) is 22.7. The van der Waals surface area contributed by atoms with Crippen LogP contribution in [0.3, 0.4) is 0 Å². The molecule has 0 bridgehead atoms. The van der Waals surface area contributed by atoms with Crippen LogP contribution in [0, 0.1) is 0 Å². The minimum atomic E-state index is -1.44. The number of nitrogens with two attached hydrogens (primary N) is 1. The van der Waals surface area contributed by atoms with Crippen LogP contribution in [0.5, 0.6) is 0 Å². The molecule has 0 fully saturated rings. The normalized spacial score (nSPS) is 12.2.